The number of nitrogens with one attached hydrogen (secondary N) is 3. The fourth-order valence-corrected chi connectivity index (χ4v) is 2.51. The second kappa shape index (κ2) is 8.77. The van der Waals surface area contributed by atoms with E-state index in [4.69, 9.17) is 10.5 Å². The first-order valence-electron chi connectivity index (χ1n) is 8.22. The molecule has 1 fully saturated rings. The number of ether oxygens (including phenoxy) is 1. The molecule has 1 aliphatic heterocycles. The van der Waals surface area contributed by atoms with Gasteiger partial charge in [-0.15, -0.1) is 0 Å². The number of carbonyl (C=O) groups excluding carboxylic acids is 4. The largest absolute Gasteiger partial charge is 0.418 e. The maximum atomic E-state index is 13.5. The molecule has 1 atom stereocenters. The van der Waals surface area contributed by atoms with Crippen LogP contribution in [0.1, 0.15) is 5.56 Å². The molecule has 1 aliphatic rings. The van der Waals surface area contributed by atoms with Crippen LogP contribution in [0, 0.1) is 0 Å². The topological polar surface area (TPSA) is 143 Å². The van der Waals surface area contributed by atoms with Gasteiger partial charge < -0.3 is 31.3 Å². The van der Waals surface area contributed by atoms with E-state index in [9.17, 15) is 32.3 Å². The predicted octanol–water partition coefficient (Wildman–Crippen LogP) is -0.210. The Morgan fingerprint density at radius 2 is 1.97 bits per heavy atom. The van der Waals surface area contributed by atoms with Gasteiger partial charge >= 0.3 is 12.2 Å². The normalized spacial score (nSPS) is 15.4. The zero-order valence-electron chi connectivity index (χ0n) is 15.1. The molecule has 0 radical (unpaired) electrons. The standard InChI is InChI=1S/C16H18F3N5O5/c1-21-15(28)23-12(13(20)26)14(27)22-10-3-2-8(6-9(10)16(17,18)19)24-4-5-29-7-11(24)25/h2-3,6,12H,4-5,7H2,1H3,(H2,20,26)(H,22,27)(H2,21,23,28)/t12-/m0/s1. The summed E-state index contributed by atoms with van der Waals surface area (Å²) in [6.07, 6.45) is -4.88. The number of benzene rings is 1. The highest BCUT2D eigenvalue weighted by molar-refractivity contribution is 6.11. The van der Waals surface area contributed by atoms with Gasteiger partial charge in [0, 0.05) is 19.3 Å². The van der Waals surface area contributed by atoms with Crippen molar-refractivity contribution in [3.05, 3.63) is 23.8 Å². The molecule has 1 aromatic rings. The molecule has 0 aromatic heterocycles. The minimum atomic E-state index is -4.88. The van der Waals surface area contributed by atoms with E-state index in [1.54, 1.807) is 0 Å². The zero-order valence-corrected chi connectivity index (χ0v) is 15.1. The molecule has 0 unspecified atom stereocenters. The number of nitrogens with two attached hydrogens (primary N) is 1. The number of nitrogens with zero attached hydrogens (tertiary/aromatic N) is 1. The lowest BCUT2D eigenvalue weighted by atomic mass is 10.1. The third-order valence-electron chi connectivity index (χ3n) is 3.91. The van der Waals surface area contributed by atoms with Crippen LogP contribution in [0.2, 0.25) is 0 Å². The van der Waals surface area contributed by atoms with Crippen LogP contribution in [0.5, 0.6) is 0 Å². The van der Waals surface area contributed by atoms with Crippen molar-refractivity contribution in [2.75, 3.05) is 37.0 Å². The predicted molar refractivity (Wildman–Crippen MR) is 93.8 cm³/mol. The van der Waals surface area contributed by atoms with E-state index in [-0.39, 0.29) is 25.4 Å². The van der Waals surface area contributed by atoms with Crippen LogP contribution in [0.3, 0.4) is 0 Å². The average molecular weight is 417 g/mol. The first kappa shape index (κ1) is 21.9. The molecule has 0 bridgehead atoms. The lowest BCUT2D eigenvalue weighted by Gasteiger charge is -2.28. The summed E-state index contributed by atoms with van der Waals surface area (Å²) in [7, 11) is 1.21. The van der Waals surface area contributed by atoms with E-state index < -0.39 is 47.2 Å². The summed E-state index contributed by atoms with van der Waals surface area (Å²) in [6, 6.07) is 0.0123. The highest BCUT2D eigenvalue weighted by atomic mass is 19.4. The molecule has 1 aromatic carbocycles. The second-order valence-electron chi connectivity index (χ2n) is 5.87. The highest BCUT2D eigenvalue weighted by Gasteiger charge is 2.36. The van der Waals surface area contributed by atoms with Crippen molar-refractivity contribution in [3.8, 4) is 0 Å². The fraction of sp³-hybridized carbons (Fsp3) is 0.375. The van der Waals surface area contributed by atoms with Crippen LogP contribution >= 0.6 is 0 Å². The molecule has 10 nitrogen and oxygen atoms in total. The number of halogens is 3. The molecule has 0 aliphatic carbocycles. The maximum absolute atomic E-state index is 13.5. The van der Waals surface area contributed by atoms with Crippen molar-refractivity contribution < 1.29 is 37.1 Å². The lowest BCUT2D eigenvalue weighted by Crippen LogP contribution is -2.54. The van der Waals surface area contributed by atoms with Gasteiger partial charge in [0.2, 0.25) is 5.91 Å². The maximum Gasteiger partial charge on any atom is 0.418 e. The Bertz CT molecular complexity index is 830. The molecule has 5 amide bonds. The number of anilines is 2. The Balaban J connectivity index is 2.34. The fourth-order valence-electron chi connectivity index (χ4n) is 2.51. The monoisotopic (exact) mass is 417 g/mol. The molecular weight excluding hydrogens is 399 g/mol. The van der Waals surface area contributed by atoms with Gasteiger partial charge in [0.25, 0.3) is 11.8 Å². The first-order chi connectivity index (χ1) is 13.5. The van der Waals surface area contributed by atoms with Crippen LogP contribution < -0.4 is 26.6 Å². The summed E-state index contributed by atoms with van der Waals surface area (Å²) in [5.74, 6) is -3.04. The van der Waals surface area contributed by atoms with Crippen molar-refractivity contribution in [2.45, 2.75) is 12.2 Å². The smallest absolute Gasteiger partial charge is 0.370 e. The molecular formula is C16H18F3N5O5. The van der Waals surface area contributed by atoms with E-state index in [0.717, 1.165) is 11.0 Å². The van der Waals surface area contributed by atoms with Crippen LogP contribution in [0.4, 0.5) is 29.3 Å². The molecule has 0 saturated carbocycles. The number of hydrogen-bond acceptors (Lipinski definition) is 5. The number of alkyl halides is 3. The van der Waals surface area contributed by atoms with Crippen molar-refractivity contribution in [2.24, 2.45) is 5.73 Å². The third kappa shape index (κ3) is 5.34. The Kier molecular flexibility index (Phi) is 6.64. The van der Waals surface area contributed by atoms with Crippen LogP contribution in [0.25, 0.3) is 0 Å². The molecule has 5 N–H and O–H groups in total. The number of amides is 5. The summed E-state index contributed by atoms with van der Waals surface area (Å²) >= 11 is 0. The quantitative estimate of drug-likeness (QED) is 0.491. The molecule has 158 valence electrons. The van der Waals surface area contributed by atoms with Crippen molar-refractivity contribution in [1.29, 1.82) is 0 Å². The number of rotatable bonds is 5. The van der Waals surface area contributed by atoms with E-state index in [0.29, 0.717) is 6.07 Å². The summed E-state index contributed by atoms with van der Waals surface area (Å²) < 4.78 is 45.5. The summed E-state index contributed by atoms with van der Waals surface area (Å²) in [6.45, 7) is -0.0238. The van der Waals surface area contributed by atoms with Crippen LogP contribution in [-0.4, -0.2) is 56.6 Å². The van der Waals surface area contributed by atoms with E-state index in [1.165, 1.54) is 13.1 Å². The average Bonchev–Trinajstić information content (AvgIpc) is 2.65. The minimum Gasteiger partial charge on any atom is -0.370 e. The van der Waals surface area contributed by atoms with Crippen molar-refractivity contribution in [1.82, 2.24) is 10.6 Å². The van der Waals surface area contributed by atoms with Gasteiger partial charge in [-0.05, 0) is 18.2 Å². The second-order valence-corrected chi connectivity index (χ2v) is 5.87. The van der Waals surface area contributed by atoms with E-state index >= 15 is 0 Å². The SMILES string of the molecule is CNC(=O)N[C@@H](C(N)=O)C(=O)Nc1ccc(N2CCOCC2=O)cc1C(F)(F)F. The lowest BCUT2D eigenvalue weighted by molar-refractivity contribution is -0.137. The zero-order chi connectivity index (χ0) is 21.8. The van der Waals surface area contributed by atoms with Gasteiger partial charge in [0.05, 0.1) is 17.9 Å². The minimum absolute atomic E-state index is 0.0291. The Hall–Kier alpha value is -3.35. The van der Waals surface area contributed by atoms with Gasteiger partial charge in [-0.2, -0.15) is 13.2 Å². The molecule has 0 spiro atoms. The number of hydrogen-bond donors (Lipinski definition) is 4. The third-order valence-corrected chi connectivity index (χ3v) is 3.91. The summed E-state index contributed by atoms with van der Waals surface area (Å²) in [5, 5.41) is 5.95. The van der Waals surface area contributed by atoms with Gasteiger partial charge in [0.1, 0.15) is 6.61 Å². The summed E-state index contributed by atoms with van der Waals surface area (Å²) in [5.41, 5.74) is 3.09. The van der Waals surface area contributed by atoms with Crippen LogP contribution in [-0.2, 0) is 25.3 Å². The summed E-state index contributed by atoms with van der Waals surface area (Å²) in [4.78, 5) is 47.9. The van der Waals surface area contributed by atoms with Crippen molar-refractivity contribution in [3.63, 3.8) is 0 Å². The molecule has 1 heterocycles. The molecule has 13 heteroatoms. The number of carbonyl (C=O) groups is 4. The molecule has 2 rings (SSSR count). The Labute approximate surface area is 162 Å². The van der Waals surface area contributed by atoms with Gasteiger partial charge in [-0.25, -0.2) is 4.79 Å². The van der Waals surface area contributed by atoms with Crippen molar-refractivity contribution >= 4 is 35.1 Å². The molecule has 29 heavy (non-hydrogen) atoms. The number of morpholine rings is 1. The first-order valence-corrected chi connectivity index (χ1v) is 8.22. The van der Waals surface area contributed by atoms with Gasteiger partial charge in [0.15, 0.2) is 6.04 Å². The molecule has 1 saturated heterocycles. The van der Waals surface area contributed by atoms with Gasteiger partial charge in [-0.1, -0.05) is 0 Å². The van der Waals surface area contributed by atoms with E-state index in [1.807, 2.05) is 10.6 Å². The Morgan fingerprint density at radius 3 is 2.52 bits per heavy atom. The van der Waals surface area contributed by atoms with Crippen LogP contribution in [0.15, 0.2) is 18.2 Å². The number of primary amides is 1. The van der Waals surface area contributed by atoms with E-state index in [2.05, 4.69) is 5.32 Å². The van der Waals surface area contributed by atoms with Gasteiger partial charge in [-0.3, -0.25) is 14.4 Å². The Morgan fingerprint density at radius 1 is 1.28 bits per heavy atom. The highest BCUT2D eigenvalue weighted by Crippen LogP contribution is 2.37. The number of urea groups is 1.